The summed E-state index contributed by atoms with van der Waals surface area (Å²) >= 11 is 3.40. The van der Waals surface area contributed by atoms with Crippen molar-refractivity contribution in [2.24, 2.45) is 7.05 Å². The van der Waals surface area contributed by atoms with Crippen molar-refractivity contribution < 1.29 is 4.92 Å². The monoisotopic (exact) mass is 352 g/mol. The number of benzene rings is 1. The van der Waals surface area contributed by atoms with Crippen LogP contribution in [0.1, 0.15) is 31.0 Å². The van der Waals surface area contributed by atoms with E-state index in [0.717, 1.165) is 15.7 Å². The minimum absolute atomic E-state index is 0.0657. The summed E-state index contributed by atoms with van der Waals surface area (Å²) in [4.78, 5) is 10.4. The van der Waals surface area contributed by atoms with Crippen LogP contribution in [-0.2, 0) is 13.6 Å². The Morgan fingerprint density at radius 1 is 1.48 bits per heavy atom. The third kappa shape index (κ3) is 3.60. The number of nitro benzene ring substituents is 1. The van der Waals surface area contributed by atoms with Gasteiger partial charge in [-0.3, -0.25) is 14.8 Å². The number of nitro groups is 1. The average molecular weight is 353 g/mol. The van der Waals surface area contributed by atoms with Gasteiger partial charge >= 0.3 is 0 Å². The molecule has 21 heavy (non-hydrogen) atoms. The molecule has 0 spiro atoms. The molecule has 6 nitrogen and oxygen atoms in total. The van der Waals surface area contributed by atoms with Crippen molar-refractivity contribution in [2.75, 3.05) is 5.32 Å². The molecule has 0 saturated heterocycles. The Bertz CT molecular complexity index is 667. The van der Waals surface area contributed by atoms with Crippen LogP contribution in [0.5, 0.6) is 0 Å². The highest BCUT2D eigenvalue weighted by Crippen LogP contribution is 2.28. The molecule has 0 aliphatic rings. The van der Waals surface area contributed by atoms with Crippen LogP contribution in [0.3, 0.4) is 0 Å². The van der Waals surface area contributed by atoms with Crippen LogP contribution in [0.15, 0.2) is 28.9 Å². The van der Waals surface area contributed by atoms with Crippen LogP contribution in [-0.4, -0.2) is 14.7 Å². The zero-order chi connectivity index (χ0) is 15.6. The van der Waals surface area contributed by atoms with Crippen LogP contribution in [0, 0.1) is 10.1 Å². The van der Waals surface area contributed by atoms with Gasteiger partial charge in [0.1, 0.15) is 0 Å². The van der Waals surface area contributed by atoms with E-state index in [1.165, 1.54) is 12.1 Å². The molecule has 0 bridgehead atoms. The van der Waals surface area contributed by atoms with E-state index in [9.17, 15) is 10.1 Å². The van der Waals surface area contributed by atoms with E-state index in [0.29, 0.717) is 18.2 Å². The summed E-state index contributed by atoms with van der Waals surface area (Å²) in [7, 11) is 1.89. The Balaban J connectivity index is 2.20. The molecule has 0 amide bonds. The highest BCUT2D eigenvalue weighted by Gasteiger charge is 2.13. The molecule has 0 aliphatic heterocycles. The molecule has 0 unspecified atom stereocenters. The summed E-state index contributed by atoms with van der Waals surface area (Å²) in [6.07, 6.45) is 1.97. The molecule has 0 radical (unpaired) electrons. The Morgan fingerprint density at radius 3 is 2.81 bits per heavy atom. The molecule has 2 aromatic rings. The van der Waals surface area contributed by atoms with E-state index in [4.69, 9.17) is 0 Å². The molecule has 7 heteroatoms. The number of non-ortho nitro benzene ring substituents is 1. The lowest BCUT2D eigenvalue weighted by atomic mass is 10.1. The van der Waals surface area contributed by atoms with E-state index in [-0.39, 0.29) is 5.69 Å². The van der Waals surface area contributed by atoms with E-state index >= 15 is 0 Å². The lowest BCUT2D eigenvalue weighted by Gasteiger charge is -2.09. The molecule has 1 aromatic carbocycles. The molecule has 0 aliphatic carbocycles. The maximum Gasteiger partial charge on any atom is 0.271 e. The van der Waals surface area contributed by atoms with Crippen LogP contribution >= 0.6 is 15.9 Å². The van der Waals surface area contributed by atoms with Gasteiger partial charge in [-0.15, -0.1) is 0 Å². The molecule has 0 atom stereocenters. The fraction of sp³-hybridized carbons (Fsp3) is 0.357. The van der Waals surface area contributed by atoms with Gasteiger partial charge in [-0.2, -0.15) is 5.10 Å². The van der Waals surface area contributed by atoms with E-state index in [1.807, 2.05) is 13.2 Å². The molecule has 112 valence electrons. The van der Waals surface area contributed by atoms with Crippen molar-refractivity contribution in [2.45, 2.75) is 26.3 Å². The molecule has 0 fully saturated rings. The number of hydrogen-bond donors (Lipinski definition) is 1. The first-order valence-corrected chi connectivity index (χ1v) is 7.38. The Morgan fingerprint density at radius 2 is 2.19 bits per heavy atom. The lowest BCUT2D eigenvalue weighted by Crippen LogP contribution is -2.03. The van der Waals surface area contributed by atoms with Gasteiger partial charge in [0, 0.05) is 42.0 Å². The maximum absolute atomic E-state index is 10.8. The van der Waals surface area contributed by atoms with Gasteiger partial charge in [0.15, 0.2) is 0 Å². The van der Waals surface area contributed by atoms with Crippen molar-refractivity contribution in [3.63, 3.8) is 0 Å². The second-order valence-electron chi connectivity index (χ2n) is 5.14. The summed E-state index contributed by atoms with van der Waals surface area (Å²) in [5, 5.41) is 18.5. The van der Waals surface area contributed by atoms with Gasteiger partial charge in [0.25, 0.3) is 5.69 Å². The fourth-order valence-electron chi connectivity index (χ4n) is 2.13. The topological polar surface area (TPSA) is 73.0 Å². The zero-order valence-electron chi connectivity index (χ0n) is 12.1. The minimum atomic E-state index is -0.402. The van der Waals surface area contributed by atoms with Gasteiger partial charge in [-0.25, -0.2) is 0 Å². The highest BCUT2D eigenvalue weighted by molar-refractivity contribution is 9.10. The second-order valence-corrected chi connectivity index (χ2v) is 6.00. The number of nitrogens with zero attached hydrogens (tertiary/aromatic N) is 3. The number of nitrogens with one attached hydrogen (secondary N) is 1. The standard InChI is InChI=1S/C14H17BrN4O2/c1-9(2)14-10(8-18(3)17-14)7-16-13-6-11(19(20)21)4-5-12(13)15/h4-6,8-9,16H,7H2,1-3H3. The number of hydrogen-bond acceptors (Lipinski definition) is 4. The normalized spacial score (nSPS) is 10.9. The largest absolute Gasteiger partial charge is 0.380 e. The minimum Gasteiger partial charge on any atom is -0.380 e. The van der Waals surface area contributed by atoms with Gasteiger partial charge in [0.2, 0.25) is 0 Å². The number of halogens is 1. The third-order valence-electron chi connectivity index (χ3n) is 3.11. The van der Waals surface area contributed by atoms with Gasteiger partial charge in [-0.1, -0.05) is 13.8 Å². The number of rotatable bonds is 5. The summed E-state index contributed by atoms with van der Waals surface area (Å²) in [6, 6.07) is 4.67. The fourth-order valence-corrected chi connectivity index (χ4v) is 2.52. The van der Waals surface area contributed by atoms with Gasteiger partial charge in [0.05, 0.1) is 16.3 Å². The van der Waals surface area contributed by atoms with E-state index in [2.05, 4.69) is 40.2 Å². The smallest absolute Gasteiger partial charge is 0.271 e. The van der Waals surface area contributed by atoms with Crippen LogP contribution in [0.4, 0.5) is 11.4 Å². The van der Waals surface area contributed by atoms with Crippen molar-refractivity contribution in [3.8, 4) is 0 Å². The molecular weight excluding hydrogens is 336 g/mol. The maximum atomic E-state index is 10.8. The van der Waals surface area contributed by atoms with Crippen molar-refractivity contribution in [1.29, 1.82) is 0 Å². The lowest BCUT2D eigenvalue weighted by molar-refractivity contribution is -0.384. The average Bonchev–Trinajstić information content (AvgIpc) is 2.79. The quantitative estimate of drug-likeness (QED) is 0.655. The zero-order valence-corrected chi connectivity index (χ0v) is 13.7. The predicted octanol–water partition coefficient (Wildman–Crippen LogP) is 3.83. The van der Waals surface area contributed by atoms with Crippen molar-refractivity contribution in [1.82, 2.24) is 9.78 Å². The first-order chi connectivity index (χ1) is 9.88. The predicted molar refractivity (Wildman–Crippen MR) is 85.4 cm³/mol. The van der Waals surface area contributed by atoms with E-state index in [1.54, 1.807) is 10.7 Å². The van der Waals surface area contributed by atoms with Crippen molar-refractivity contribution in [3.05, 3.63) is 50.2 Å². The van der Waals surface area contributed by atoms with E-state index < -0.39 is 4.92 Å². The molecule has 1 heterocycles. The summed E-state index contributed by atoms with van der Waals surface area (Å²) in [5.74, 6) is 0.330. The van der Waals surface area contributed by atoms with Gasteiger partial charge < -0.3 is 5.32 Å². The number of anilines is 1. The molecule has 1 N–H and O–H groups in total. The van der Waals surface area contributed by atoms with Gasteiger partial charge in [-0.05, 0) is 27.9 Å². The van der Waals surface area contributed by atoms with Crippen LogP contribution in [0.2, 0.25) is 0 Å². The molecule has 1 aromatic heterocycles. The summed E-state index contributed by atoms with van der Waals surface area (Å²) < 4.78 is 2.58. The molecule has 0 saturated carbocycles. The highest BCUT2D eigenvalue weighted by atomic mass is 79.9. The summed E-state index contributed by atoms with van der Waals surface area (Å²) in [6.45, 7) is 4.76. The number of aromatic nitrogens is 2. The summed E-state index contributed by atoms with van der Waals surface area (Å²) in [5.41, 5.74) is 2.89. The third-order valence-corrected chi connectivity index (χ3v) is 3.81. The van der Waals surface area contributed by atoms with Crippen LogP contribution in [0.25, 0.3) is 0 Å². The number of aryl methyl sites for hydroxylation is 1. The molecule has 2 rings (SSSR count). The van der Waals surface area contributed by atoms with Crippen molar-refractivity contribution >= 4 is 27.3 Å². The molecular formula is C14H17BrN4O2. The van der Waals surface area contributed by atoms with Crippen LogP contribution < -0.4 is 5.32 Å². The first-order valence-electron chi connectivity index (χ1n) is 6.58. The Hall–Kier alpha value is -1.89. The first kappa shape index (κ1) is 15.5. The Kier molecular flexibility index (Phi) is 4.62. The Labute approximate surface area is 131 Å². The SMILES string of the molecule is CC(C)c1nn(C)cc1CNc1cc([N+](=O)[O-])ccc1Br. The second kappa shape index (κ2) is 6.26.